The molecule has 3 heteroatoms. The van der Waals surface area contributed by atoms with Crippen molar-refractivity contribution in [3.05, 3.63) is 67.2 Å². The van der Waals surface area contributed by atoms with E-state index in [4.69, 9.17) is 0 Å². The summed E-state index contributed by atoms with van der Waals surface area (Å²) >= 11 is 5.68. The van der Waals surface area contributed by atoms with Crippen molar-refractivity contribution < 1.29 is 5.11 Å². The molecular weight excluding hydrogens is 391 g/mol. The second kappa shape index (κ2) is 5.50. The Balaban J connectivity index is 2.43. The largest absolute Gasteiger partial charge is 0.384 e. The first-order chi connectivity index (χ1) is 8.08. The summed E-state index contributed by atoms with van der Waals surface area (Å²) in [7, 11) is 0. The molecule has 1 nitrogen and oxygen atoms in total. The molecule has 0 saturated carbocycles. The quantitative estimate of drug-likeness (QED) is 0.736. The predicted molar refractivity (Wildman–Crippen MR) is 82.1 cm³/mol. The van der Waals surface area contributed by atoms with Crippen LogP contribution in [0.4, 0.5) is 0 Å². The molecule has 2 aromatic carbocycles. The van der Waals surface area contributed by atoms with Gasteiger partial charge in [-0.1, -0.05) is 45.8 Å². The van der Waals surface area contributed by atoms with Crippen molar-refractivity contribution in [3.63, 3.8) is 0 Å². The van der Waals surface area contributed by atoms with Gasteiger partial charge in [0.25, 0.3) is 0 Å². The minimum absolute atomic E-state index is 0.570. The Labute approximate surface area is 123 Å². The van der Waals surface area contributed by atoms with Gasteiger partial charge < -0.3 is 5.11 Å². The van der Waals surface area contributed by atoms with Gasteiger partial charge in [0, 0.05) is 8.04 Å². The molecule has 0 fully saturated rings. The number of aryl methyl sites for hydroxylation is 1. The van der Waals surface area contributed by atoms with E-state index in [0.717, 1.165) is 24.7 Å². The van der Waals surface area contributed by atoms with Crippen molar-refractivity contribution >= 4 is 38.5 Å². The first-order valence-corrected chi connectivity index (χ1v) is 7.14. The molecular formula is C14H12BrIO. The zero-order valence-electron chi connectivity index (χ0n) is 9.32. The number of halogens is 2. The van der Waals surface area contributed by atoms with Gasteiger partial charge in [-0.25, -0.2) is 0 Å². The van der Waals surface area contributed by atoms with E-state index in [2.05, 4.69) is 38.5 Å². The second-order valence-corrected chi connectivity index (χ2v) is 6.06. The molecule has 0 heterocycles. The van der Waals surface area contributed by atoms with Crippen molar-refractivity contribution in [2.24, 2.45) is 0 Å². The average molecular weight is 403 g/mol. The minimum atomic E-state index is -0.570. The van der Waals surface area contributed by atoms with Crippen LogP contribution in [-0.2, 0) is 0 Å². The molecule has 1 N–H and O–H groups in total. The van der Waals surface area contributed by atoms with Gasteiger partial charge in [0.15, 0.2) is 0 Å². The third-order valence-electron chi connectivity index (χ3n) is 2.61. The van der Waals surface area contributed by atoms with Crippen LogP contribution in [0, 0.1) is 10.5 Å². The van der Waals surface area contributed by atoms with E-state index in [1.807, 2.05) is 49.4 Å². The molecule has 0 aromatic heterocycles. The number of aliphatic hydroxyl groups is 1. The highest BCUT2D eigenvalue weighted by molar-refractivity contribution is 14.1. The number of hydrogen-bond acceptors (Lipinski definition) is 1. The maximum absolute atomic E-state index is 10.4. The Kier molecular flexibility index (Phi) is 4.22. The maximum Gasteiger partial charge on any atom is 0.105 e. The van der Waals surface area contributed by atoms with Gasteiger partial charge >= 0.3 is 0 Å². The minimum Gasteiger partial charge on any atom is -0.384 e. The zero-order chi connectivity index (χ0) is 12.4. The van der Waals surface area contributed by atoms with E-state index in [1.54, 1.807) is 0 Å². The summed E-state index contributed by atoms with van der Waals surface area (Å²) in [6, 6.07) is 13.9. The van der Waals surface area contributed by atoms with Crippen LogP contribution in [0.3, 0.4) is 0 Å². The topological polar surface area (TPSA) is 20.2 Å². The van der Waals surface area contributed by atoms with E-state index in [1.165, 1.54) is 0 Å². The molecule has 0 spiro atoms. The van der Waals surface area contributed by atoms with Crippen LogP contribution in [0.25, 0.3) is 0 Å². The fourth-order valence-electron chi connectivity index (χ4n) is 1.74. The lowest BCUT2D eigenvalue weighted by molar-refractivity contribution is 0.219. The van der Waals surface area contributed by atoms with Gasteiger partial charge in [-0.15, -0.1) is 0 Å². The summed E-state index contributed by atoms with van der Waals surface area (Å²) in [4.78, 5) is 0. The average Bonchev–Trinajstić information content (AvgIpc) is 2.31. The van der Waals surface area contributed by atoms with Crippen molar-refractivity contribution in [3.8, 4) is 0 Å². The molecule has 17 heavy (non-hydrogen) atoms. The van der Waals surface area contributed by atoms with Gasteiger partial charge in [0.05, 0.1) is 0 Å². The maximum atomic E-state index is 10.4. The Morgan fingerprint density at radius 2 is 1.94 bits per heavy atom. The number of hydrogen-bond donors (Lipinski definition) is 1. The van der Waals surface area contributed by atoms with Crippen molar-refractivity contribution in [2.45, 2.75) is 13.0 Å². The SMILES string of the molecule is Cc1cccc(C(O)c2cc(Br)ccc2I)c1. The smallest absolute Gasteiger partial charge is 0.105 e. The lowest BCUT2D eigenvalue weighted by Gasteiger charge is -2.14. The Morgan fingerprint density at radius 3 is 2.65 bits per heavy atom. The zero-order valence-corrected chi connectivity index (χ0v) is 13.1. The van der Waals surface area contributed by atoms with Crippen LogP contribution in [0.5, 0.6) is 0 Å². The molecule has 2 rings (SSSR count). The van der Waals surface area contributed by atoms with E-state index >= 15 is 0 Å². The van der Waals surface area contributed by atoms with Crippen molar-refractivity contribution in [2.75, 3.05) is 0 Å². The molecule has 0 aliphatic heterocycles. The molecule has 2 aromatic rings. The molecule has 0 aliphatic carbocycles. The highest BCUT2D eigenvalue weighted by Crippen LogP contribution is 2.29. The first kappa shape index (κ1) is 13.1. The predicted octanol–water partition coefficient (Wildman–Crippen LogP) is 4.44. The van der Waals surface area contributed by atoms with Crippen LogP contribution in [-0.4, -0.2) is 5.11 Å². The summed E-state index contributed by atoms with van der Waals surface area (Å²) in [5, 5.41) is 10.4. The van der Waals surface area contributed by atoms with Crippen LogP contribution < -0.4 is 0 Å². The van der Waals surface area contributed by atoms with Gasteiger partial charge in [-0.2, -0.15) is 0 Å². The molecule has 88 valence electrons. The third kappa shape index (κ3) is 3.09. The van der Waals surface area contributed by atoms with Crippen LogP contribution in [0.1, 0.15) is 22.8 Å². The summed E-state index contributed by atoms with van der Waals surface area (Å²) < 4.78 is 2.06. The molecule has 1 atom stereocenters. The van der Waals surface area contributed by atoms with E-state index < -0.39 is 6.10 Å². The van der Waals surface area contributed by atoms with Gasteiger partial charge in [0.1, 0.15) is 6.10 Å². The summed E-state index contributed by atoms with van der Waals surface area (Å²) in [5.74, 6) is 0. The second-order valence-electron chi connectivity index (χ2n) is 3.98. The number of benzene rings is 2. The normalized spacial score (nSPS) is 12.5. The first-order valence-electron chi connectivity index (χ1n) is 5.27. The standard InChI is InChI=1S/C14H12BrIO/c1-9-3-2-4-10(7-9)14(17)12-8-11(15)5-6-13(12)16/h2-8,14,17H,1H3. The van der Waals surface area contributed by atoms with Crippen LogP contribution in [0.15, 0.2) is 46.9 Å². The Bertz CT molecular complexity index is 539. The van der Waals surface area contributed by atoms with Crippen LogP contribution in [0.2, 0.25) is 0 Å². The van der Waals surface area contributed by atoms with E-state index in [-0.39, 0.29) is 0 Å². The van der Waals surface area contributed by atoms with Crippen LogP contribution >= 0.6 is 38.5 Å². The fraction of sp³-hybridized carbons (Fsp3) is 0.143. The number of rotatable bonds is 2. The molecule has 0 amide bonds. The van der Waals surface area contributed by atoms with E-state index in [0.29, 0.717) is 0 Å². The van der Waals surface area contributed by atoms with E-state index in [9.17, 15) is 5.11 Å². The third-order valence-corrected chi connectivity index (χ3v) is 4.09. The van der Waals surface area contributed by atoms with Gasteiger partial charge in [0.2, 0.25) is 0 Å². The number of aliphatic hydroxyl groups excluding tert-OH is 1. The fourth-order valence-corrected chi connectivity index (χ4v) is 2.75. The Hall–Kier alpha value is -0.390. The highest BCUT2D eigenvalue weighted by Gasteiger charge is 2.13. The highest BCUT2D eigenvalue weighted by atomic mass is 127. The lowest BCUT2D eigenvalue weighted by Crippen LogP contribution is -2.02. The monoisotopic (exact) mass is 402 g/mol. The van der Waals surface area contributed by atoms with Crippen molar-refractivity contribution in [1.82, 2.24) is 0 Å². The van der Waals surface area contributed by atoms with Gasteiger partial charge in [-0.3, -0.25) is 0 Å². The summed E-state index contributed by atoms with van der Waals surface area (Å²) in [6.07, 6.45) is -0.570. The molecule has 1 unspecified atom stereocenters. The van der Waals surface area contributed by atoms with Gasteiger partial charge in [-0.05, 0) is 58.8 Å². The summed E-state index contributed by atoms with van der Waals surface area (Å²) in [5.41, 5.74) is 3.03. The molecule has 0 saturated heterocycles. The molecule has 0 aliphatic rings. The lowest BCUT2D eigenvalue weighted by atomic mass is 10.0. The molecule has 0 radical (unpaired) electrons. The Morgan fingerprint density at radius 1 is 1.18 bits per heavy atom. The molecule has 0 bridgehead atoms. The summed E-state index contributed by atoms with van der Waals surface area (Å²) in [6.45, 7) is 2.03. The van der Waals surface area contributed by atoms with Crippen molar-refractivity contribution in [1.29, 1.82) is 0 Å².